The lowest BCUT2D eigenvalue weighted by molar-refractivity contribution is 0.967. The molecule has 4 heteroatoms. The zero-order valence-corrected chi connectivity index (χ0v) is 8.43. The van der Waals surface area contributed by atoms with Crippen molar-refractivity contribution in [2.45, 2.75) is 24.1 Å². The molecular weight excluding hydrogens is 218 g/mol. The molecule has 0 spiro atoms. The Hall–Kier alpha value is -0.640. The molecule has 2 N–H and O–H groups in total. The summed E-state index contributed by atoms with van der Waals surface area (Å²) in [7, 11) is 0. The van der Waals surface area contributed by atoms with Gasteiger partial charge in [0, 0.05) is 11.8 Å². The monoisotopic (exact) mass is 227 g/mol. The maximum Gasteiger partial charge on any atom is 0.131 e. The summed E-state index contributed by atoms with van der Waals surface area (Å²) in [5.41, 5.74) is 6.80. The Morgan fingerprint density at radius 1 is 1.58 bits per heavy atom. The normalized spacial score (nSPS) is 19.2. The predicted molar refractivity (Wildman–Crippen MR) is 51.0 cm³/mol. The van der Waals surface area contributed by atoms with E-state index in [1.165, 1.54) is 0 Å². The summed E-state index contributed by atoms with van der Waals surface area (Å²) in [5, 5.41) is 0. The minimum absolute atomic E-state index is 0.0881. The zero-order chi connectivity index (χ0) is 8.77. The molecule has 12 heavy (non-hydrogen) atoms. The van der Waals surface area contributed by atoms with Crippen LogP contribution in [0.3, 0.4) is 0 Å². The van der Waals surface area contributed by atoms with Gasteiger partial charge in [-0.2, -0.15) is 0 Å². The molecule has 0 aromatic carbocycles. The second-order valence-corrected chi connectivity index (χ2v) is 4.70. The van der Waals surface area contributed by atoms with Gasteiger partial charge in [-0.25, -0.2) is 9.97 Å². The fraction of sp³-hybridized carbons (Fsp3) is 0.500. The summed E-state index contributed by atoms with van der Waals surface area (Å²) < 4.78 is 0.0881. The number of nitrogens with zero attached hydrogens (tertiary/aromatic N) is 2. The largest absolute Gasteiger partial charge is 0.383 e. The first-order chi connectivity index (χ1) is 5.62. The van der Waals surface area contributed by atoms with E-state index in [1.807, 2.05) is 13.1 Å². The lowest BCUT2D eigenvalue weighted by atomic mass is 10.2. The summed E-state index contributed by atoms with van der Waals surface area (Å²) in [6.07, 6.45) is 4.08. The molecule has 0 atom stereocenters. The van der Waals surface area contributed by atoms with Gasteiger partial charge in [0.1, 0.15) is 11.6 Å². The molecule has 1 aromatic rings. The van der Waals surface area contributed by atoms with Crippen LogP contribution in [0.5, 0.6) is 0 Å². The Bertz CT molecular complexity index is 320. The quantitative estimate of drug-likeness (QED) is 0.745. The van der Waals surface area contributed by atoms with Gasteiger partial charge in [-0.1, -0.05) is 15.9 Å². The molecule has 1 aromatic heterocycles. The van der Waals surface area contributed by atoms with Gasteiger partial charge in [0.25, 0.3) is 0 Å². The number of hydrogen-bond donors (Lipinski definition) is 1. The molecule has 0 unspecified atom stereocenters. The van der Waals surface area contributed by atoms with Crippen LogP contribution in [0.15, 0.2) is 6.20 Å². The first-order valence-electron chi connectivity index (χ1n) is 3.90. The van der Waals surface area contributed by atoms with E-state index in [1.54, 1.807) is 0 Å². The number of nitrogen functional groups attached to an aromatic ring is 1. The van der Waals surface area contributed by atoms with E-state index in [-0.39, 0.29) is 4.32 Å². The van der Waals surface area contributed by atoms with Gasteiger partial charge in [-0.3, -0.25) is 0 Å². The average molecular weight is 228 g/mol. The van der Waals surface area contributed by atoms with Crippen LogP contribution in [0, 0.1) is 6.92 Å². The number of rotatable bonds is 1. The minimum atomic E-state index is 0.0881. The number of alkyl halides is 1. The smallest absolute Gasteiger partial charge is 0.131 e. The van der Waals surface area contributed by atoms with Gasteiger partial charge in [-0.05, 0) is 19.8 Å². The van der Waals surface area contributed by atoms with Crippen molar-refractivity contribution in [1.29, 1.82) is 0 Å². The number of anilines is 1. The summed E-state index contributed by atoms with van der Waals surface area (Å²) in [4.78, 5) is 8.24. The van der Waals surface area contributed by atoms with E-state index >= 15 is 0 Å². The van der Waals surface area contributed by atoms with Gasteiger partial charge < -0.3 is 5.73 Å². The summed E-state index contributed by atoms with van der Waals surface area (Å²) in [6, 6.07) is 0. The van der Waals surface area contributed by atoms with Crippen LogP contribution in [-0.4, -0.2) is 9.97 Å². The van der Waals surface area contributed by atoms with Gasteiger partial charge in [0.15, 0.2) is 0 Å². The van der Waals surface area contributed by atoms with E-state index in [0.717, 1.165) is 24.2 Å². The SMILES string of the molecule is Cc1ncc(C2(Br)CC2)c(N)n1. The number of nitrogens with two attached hydrogens (primary N) is 1. The third-order valence-corrected chi connectivity index (χ3v) is 3.33. The highest BCUT2D eigenvalue weighted by atomic mass is 79.9. The molecule has 1 heterocycles. The third-order valence-electron chi connectivity index (χ3n) is 2.11. The molecule has 2 rings (SSSR count). The van der Waals surface area contributed by atoms with Gasteiger partial charge in [-0.15, -0.1) is 0 Å². The van der Waals surface area contributed by atoms with Crippen LogP contribution in [-0.2, 0) is 4.32 Å². The second-order valence-electron chi connectivity index (χ2n) is 3.18. The van der Waals surface area contributed by atoms with Crippen LogP contribution in [0.1, 0.15) is 24.2 Å². The van der Waals surface area contributed by atoms with Gasteiger partial charge in [0.05, 0.1) is 4.32 Å². The van der Waals surface area contributed by atoms with Crippen LogP contribution < -0.4 is 5.73 Å². The second kappa shape index (κ2) is 2.42. The highest BCUT2D eigenvalue weighted by Gasteiger charge is 2.43. The Morgan fingerprint density at radius 2 is 2.25 bits per heavy atom. The van der Waals surface area contributed by atoms with Crippen molar-refractivity contribution in [1.82, 2.24) is 9.97 Å². The van der Waals surface area contributed by atoms with Gasteiger partial charge in [0.2, 0.25) is 0 Å². The van der Waals surface area contributed by atoms with E-state index < -0.39 is 0 Å². The molecule has 1 aliphatic rings. The fourth-order valence-corrected chi connectivity index (χ4v) is 1.72. The molecule has 0 bridgehead atoms. The van der Waals surface area contributed by atoms with Crippen LogP contribution in [0.25, 0.3) is 0 Å². The average Bonchev–Trinajstić information content (AvgIpc) is 2.68. The van der Waals surface area contributed by atoms with Crippen molar-refractivity contribution in [2.24, 2.45) is 0 Å². The number of aromatic nitrogens is 2. The standard InChI is InChI=1S/C8H10BrN3/c1-5-11-4-6(7(10)12-5)8(9)2-3-8/h4H,2-3H2,1H3,(H2,10,11,12). The molecule has 1 fully saturated rings. The summed E-state index contributed by atoms with van der Waals surface area (Å²) in [5.74, 6) is 1.34. The molecule has 0 amide bonds. The van der Waals surface area contributed by atoms with Gasteiger partial charge >= 0.3 is 0 Å². The van der Waals surface area contributed by atoms with E-state index in [9.17, 15) is 0 Å². The van der Waals surface area contributed by atoms with E-state index in [0.29, 0.717) is 5.82 Å². The maximum absolute atomic E-state index is 5.77. The Balaban J connectivity index is 2.45. The first kappa shape index (κ1) is 7.98. The highest BCUT2D eigenvalue weighted by molar-refractivity contribution is 9.09. The Labute approximate surface area is 79.5 Å². The summed E-state index contributed by atoms with van der Waals surface area (Å²) in [6.45, 7) is 1.84. The third kappa shape index (κ3) is 1.20. The van der Waals surface area contributed by atoms with Crippen molar-refractivity contribution in [2.75, 3.05) is 5.73 Å². The highest BCUT2D eigenvalue weighted by Crippen LogP contribution is 2.54. The van der Waals surface area contributed by atoms with Crippen molar-refractivity contribution < 1.29 is 0 Å². The fourth-order valence-electron chi connectivity index (χ4n) is 1.21. The van der Waals surface area contributed by atoms with Crippen LogP contribution in [0.4, 0.5) is 5.82 Å². The van der Waals surface area contributed by atoms with Crippen molar-refractivity contribution in [3.8, 4) is 0 Å². The van der Waals surface area contributed by atoms with Crippen molar-refractivity contribution in [3.63, 3.8) is 0 Å². The summed E-state index contributed by atoms with van der Waals surface area (Å²) >= 11 is 3.61. The Kier molecular flexibility index (Phi) is 1.61. The Morgan fingerprint density at radius 3 is 2.75 bits per heavy atom. The molecule has 0 aliphatic heterocycles. The lowest BCUT2D eigenvalue weighted by Crippen LogP contribution is -2.06. The van der Waals surface area contributed by atoms with E-state index in [4.69, 9.17) is 5.73 Å². The minimum Gasteiger partial charge on any atom is -0.383 e. The molecule has 64 valence electrons. The van der Waals surface area contributed by atoms with Crippen LogP contribution in [0.2, 0.25) is 0 Å². The van der Waals surface area contributed by atoms with Crippen LogP contribution >= 0.6 is 15.9 Å². The molecule has 0 radical (unpaired) electrons. The molecule has 3 nitrogen and oxygen atoms in total. The predicted octanol–water partition coefficient (Wildman–Crippen LogP) is 1.75. The number of halogens is 1. The van der Waals surface area contributed by atoms with Crippen molar-refractivity contribution in [3.05, 3.63) is 17.6 Å². The first-order valence-corrected chi connectivity index (χ1v) is 4.70. The van der Waals surface area contributed by atoms with Crippen molar-refractivity contribution >= 4 is 21.7 Å². The number of aryl methyl sites for hydroxylation is 1. The molecule has 0 saturated heterocycles. The molecular formula is C8H10BrN3. The maximum atomic E-state index is 5.77. The lowest BCUT2D eigenvalue weighted by Gasteiger charge is -2.08. The zero-order valence-electron chi connectivity index (χ0n) is 6.84. The topological polar surface area (TPSA) is 51.8 Å². The number of hydrogen-bond acceptors (Lipinski definition) is 3. The molecule has 1 saturated carbocycles. The molecule has 1 aliphatic carbocycles. The van der Waals surface area contributed by atoms with E-state index in [2.05, 4.69) is 25.9 Å².